The van der Waals surface area contributed by atoms with Crippen molar-refractivity contribution in [2.45, 2.75) is 13.5 Å². The van der Waals surface area contributed by atoms with E-state index in [0.717, 1.165) is 12.1 Å². The molecule has 0 saturated carbocycles. The molecule has 2 N–H and O–H groups in total. The molecule has 0 bridgehead atoms. The fourth-order valence-electron chi connectivity index (χ4n) is 2.35. The number of aromatic nitrogens is 1. The third kappa shape index (κ3) is 7.16. The van der Waals surface area contributed by atoms with Crippen molar-refractivity contribution in [2.24, 2.45) is 0 Å². The maximum absolute atomic E-state index is 14.5. The molecule has 13 heteroatoms. The molecule has 0 aliphatic rings. The van der Waals surface area contributed by atoms with Crippen molar-refractivity contribution >= 4 is 34.9 Å². The van der Waals surface area contributed by atoms with Gasteiger partial charge in [-0.3, -0.25) is 5.41 Å². The van der Waals surface area contributed by atoms with E-state index in [9.17, 15) is 18.0 Å². The monoisotopic (exact) mass is 507 g/mol. The number of hydrogen-bond donors (Lipinski definition) is 2. The molecule has 0 amide bonds. The van der Waals surface area contributed by atoms with E-state index in [1.165, 1.54) is 25.4 Å². The van der Waals surface area contributed by atoms with Crippen molar-refractivity contribution in [3.8, 4) is 17.4 Å². The second-order valence-corrected chi connectivity index (χ2v) is 6.70. The number of rotatable bonds is 11. The van der Waals surface area contributed by atoms with E-state index in [2.05, 4.69) is 15.0 Å². The highest BCUT2D eigenvalue weighted by Gasteiger charge is 2.21. The number of nitrogens with zero attached hydrogens (tertiary/aromatic N) is 1. The maximum Gasteiger partial charge on any atom is 0.388 e. The van der Waals surface area contributed by atoms with Crippen LogP contribution in [0.25, 0.3) is 0 Å². The Hall–Kier alpha value is -3.18. The van der Waals surface area contributed by atoms with Crippen LogP contribution in [0.1, 0.15) is 12.5 Å². The first-order chi connectivity index (χ1) is 15.7. The molecule has 1 aromatic carbocycles. The average molecular weight is 508 g/mol. The molecule has 178 valence electrons. The molecule has 33 heavy (non-hydrogen) atoms. The van der Waals surface area contributed by atoms with E-state index < -0.39 is 47.2 Å². The number of pyridine rings is 1. The van der Waals surface area contributed by atoms with E-state index in [1.807, 2.05) is 0 Å². The first-order valence-corrected chi connectivity index (χ1v) is 9.95. The highest BCUT2D eigenvalue weighted by Crippen LogP contribution is 2.36. The summed E-state index contributed by atoms with van der Waals surface area (Å²) in [6, 6.07) is 4.85. The molecule has 1 aromatic heterocycles. The predicted molar refractivity (Wildman–Crippen MR) is 114 cm³/mol. The summed E-state index contributed by atoms with van der Waals surface area (Å²) in [6.45, 7) is -1.85. The zero-order chi connectivity index (χ0) is 24.5. The Morgan fingerprint density at radius 2 is 2.03 bits per heavy atom. The van der Waals surface area contributed by atoms with Crippen LogP contribution in [0, 0.1) is 11.2 Å². The SMILES string of the molecule is CCOC(=O)COc1ncccc1Oc1cc(C(=N)/C(Cl)=C(\NC)OC(F)F)c(F)cc1Cl. The molecule has 8 nitrogen and oxygen atoms in total. The van der Waals surface area contributed by atoms with Crippen molar-refractivity contribution in [1.29, 1.82) is 5.41 Å². The number of carbonyl (C=O) groups is 1. The number of allylic oxidation sites excluding steroid dienone is 1. The Morgan fingerprint density at radius 1 is 1.30 bits per heavy atom. The number of alkyl halides is 2. The quantitative estimate of drug-likeness (QED) is 0.254. The van der Waals surface area contributed by atoms with Crippen LogP contribution in [0.2, 0.25) is 5.02 Å². The van der Waals surface area contributed by atoms with Crippen molar-refractivity contribution < 1.29 is 36.9 Å². The first-order valence-electron chi connectivity index (χ1n) is 9.19. The van der Waals surface area contributed by atoms with Gasteiger partial charge in [0.05, 0.1) is 17.3 Å². The number of halogens is 5. The summed E-state index contributed by atoms with van der Waals surface area (Å²) in [4.78, 5) is 15.5. The zero-order valence-electron chi connectivity index (χ0n) is 17.3. The normalized spacial score (nSPS) is 11.5. The smallest absolute Gasteiger partial charge is 0.388 e. The number of carbonyl (C=O) groups excluding carboxylic acids is 1. The van der Waals surface area contributed by atoms with Gasteiger partial charge in [0.1, 0.15) is 16.6 Å². The summed E-state index contributed by atoms with van der Waals surface area (Å²) in [5, 5.41) is 9.60. The summed E-state index contributed by atoms with van der Waals surface area (Å²) in [7, 11) is 1.24. The summed E-state index contributed by atoms with van der Waals surface area (Å²) >= 11 is 12.0. The van der Waals surface area contributed by atoms with Gasteiger partial charge in [-0.25, -0.2) is 14.2 Å². The van der Waals surface area contributed by atoms with Crippen LogP contribution in [-0.4, -0.2) is 43.5 Å². The van der Waals surface area contributed by atoms with Gasteiger partial charge < -0.3 is 24.3 Å². The van der Waals surface area contributed by atoms with Crippen LogP contribution in [0.4, 0.5) is 13.2 Å². The lowest BCUT2D eigenvalue weighted by atomic mass is 10.1. The largest absolute Gasteiger partial charge is 0.463 e. The van der Waals surface area contributed by atoms with Crippen LogP contribution in [0.15, 0.2) is 41.4 Å². The van der Waals surface area contributed by atoms with E-state index >= 15 is 0 Å². The third-order valence-electron chi connectivity index (χ3n) is 3.73. The Bertz CT molecular complexity index is 1050. The molecule has 0 atom stereocenters. The van der Waals surface area contributed by atoms with Crippen LogP contribution in [0.5, 0.6) is 17.4 Å². The van der Waals surface area contributed by atoms with Gasteiger partial charge in [-0.05, 0) is 31.2 Å². The second-order valence-electron chi connectivity index (χ2n) is 5.91. The number of esters is 1. The summed E-state index contributed by atoms with van der Waals surface area (Å²) in [5.41, 5.74) is -1.09. The average Bonchev–Trinajstić information content (AvgIpc) is 2.77. The fraction of sp³-hybridized carbons (Fsp3) is 0.250. The molecule has 0 radical (unpaired) electrons. The number of hydrogen-bond acceptors (Lipinski definition) is 8. The van der Waals surface area contributed by atoms with Crippen LogP contribution >= 0.6 is 23.2 Å². The molecule has 0 fully saturated rings. The minimum Gasteiger partial charge on any atom is -0.463 e. The minimum atomic E-state index is -3.22. The maximum atomic E-state index is 14.5. The van der Waals surface area contributed by atoms with Crippen molar-refractivity contribution in [3.63, 3.8) is 0 Å². The Kier molecular flexibility index (Phi) is 9.61. The minimum absolute atomic E-state index is 0.0198. The van der Waals surface area contributed by atoms with E-state index in [0.29, 0.717) is 0 Å². The topological polar surface area (TPSA) is 103 Å². The van der Waals surface area contributed by atoms with Crippen molar-refractivity contribution in [1.82, 2.24) is 10.3 Å². The van der Waals surface area contributed by atoms with Gasteiger partial charge in [-0.1, -0.05) is 23.2 Å². The molecule has 2 rings (SSSR count). The molecule has 0 aliphatic heterocycles. The molecule has 0 unspecified atom stereocenters. The van der Waals surface area contributed by atoms with Crippen molar-refractivity contribution in [2.75, 3.05) is 20.3 Å². The third-order valence-corrected chi connectivity index (χ3v) is 4.39. The first kappa shape index (κ1) is 26.1. The summed E-state index contributed by atoms with van der Waals surface area (Å²) in [6.07, 6.45) is 1.38. The molecule has 0 saturated heterocycles. The van der Waals surface area contributed by atoms with E-state index in [1.54, 1.807) is 6.92 Å². The molecule has 0 aliphatic carbocycles. The number of benzene rings is 1. The lowest BCUT2D eigenvalue weighted by Crippen LogP contribution is -2.18. The van der Waals surface area contributed by atoms with Gasteiger partial charge in [0, 0.05) is 18.8 Å². The van der Waals surface area contributed by atoms with Gasteiger partial charge in [0.15, 0.2) is 12.4 Å². The Morgan fingerprint density at radius 3 is 2.67 bits per heavy atom. The highest BCUT2D eigenvalue weighted by molar-refractivity contribution is 6.46. The summed E-state index contributed by atoms with van der Waals surface area (Å²) < 4.78 is 59.5. The van der Waals surface area contributed by atoms with Gasteiger partial charge in [-0.2, -0.15) is 8.78 Å². The number of nitrogens with one attached hydrogen (secondary N) is 2. The van der Waals surface area contributed by atoms with Gasteiger partial charge >= 0.3 is 12.6 Å². The van der Waals surface area contributed by atoms with Gasteiger partial charge in [0.2, 0.25) is 5.88 Å². The molecule has 1 heterocycles. The van der Waals surface area contributed by atoms with E-state index in [-0.39, 0.29) is 29.0 Å². The second kappa shape index (κ2) is 12.2. The van der Waals surface area contributed by atoms with Gasteiger partial charge in [-0.15, -0.1) is 0 Å². The summed E-state index contributed by atoms with van der Waals surface area (Å²) in [5.74, 6) is -2.41. The molecule has 2 aromatic rings. The number of ether oxygens (including phenoxy) is 4. The molecule has 0 spiro atoms. The van der Waals surface area contributed by atoms with Crippen LogP contribution in [0.3, 0.4) is 0 Å². The highest BCUT2D eigenvalue weighted by atomic mass is 35.5. The Balaban J connectivity index is 2.36. The van der Waals surface area contributed by atoms with Gasteiger partial charge in [0.25, 0.3) is 5.88 Å². The Labute approximate surface area is 196 Å². The molecular weight excluding hydrogens is 490 g/mol. The van der Waals surface area contributed by atoms with Crippen LogP contribution < -0.4 is 14.8 Å². The van der Waals surface area contributed by atoms with Crippen molar-refractivity contribution in [3.05, 3.63) is 57.8 Å². The standard InChI is InChI=1S/C20H18Cl2F3N3O5/c1-3-30-15(29)9-31-18-13(5-4-6-28-18)32-14-7-10(12(23)8-11(14)21)17(26)16(22)19(27-2)33-20(24)25/h4-8,20,26-27H,3,9H2,1-2H3/b19-16-,26-17?. The fourth-order valence-corrected chi connectivity index (χ4v) is 2.78. The lowest BCUT2D eigenvalue weighted by molar-refractivity contribution is -0.145. The molecular formula is C20H18Cl2F3N3O5. The lowest BCUT2D eigenvalue weighted by Gasteiger charge is -2.15. The predicted octanol–water partition coefficient (Wildman–Crippen LogP) is 4.84. The van der Waals surface area contributed by atoms with Crippen LogP contribution in [-0.2, 0) is 14.3 Å². The van der Waals surface area contributed by atoms with E-state index in [4.69, 9.17) is 42.8 Å². The zero-order valence-corrected chi connectivity index (χ0v) is 18.8.